The first-order chi connectivity index (χ1) is 9.06. The summed E-state index contributed by atoms with van der Waals surface area (Å²) in [5.41, 5.74) is 6.95. The molecule has 4 nitrogen and oxygen atoms in total. The minimum Gasteiger partial charge on any atom is -0.401 e. The number of carbonyl (C=O) groups excluding carboxylic acids is 1. The van der Waals surface area contributed by atoms with Crippen LogP contribution in [0.25, 0.3) is 0 Å². The fraction of sp³-hybridized carbons (Fsp3) is 0.733. The van der Waals surface area contributed by atoms with Gasteiger partial charge < -0.3 is 11.1 Å². The number of nitrogens with zero attached hydrogens (tertiary/aromatic N) is 1. The first-order valence-electron chi connectivity index (χ1n) is 7.29. The summed E-state index contributed by atoms with van der Waals surface area (Å²) in [4.78, 5) is 12.4. The maximum Gasteiger partial charge on any atom is 0.230 e. The van der Waals surface area contributed by atoms with Gasteiger partial charge in [-0.25, -0.2) is 0 Å². The van der Waals surface area contributed by atoms with E-state index in [9.17, 15) is 10.1 Å². The van der Waals surface area contributed by atoms with Crippen LogP contribution < -0.4 is 11.1 Å². The zero-order chi connectivity index (χ0) is 13.8. The molecule has 2 aliphatic carbocycles. The summed E-state index contributed by atoms with van der Waals surface area (Å²) in [5, 5.41) is 12.6. The minimum atomic E-state index is -0.446. The second-order valence-electron chi connectivity index (χ2n) is 6.34. The molecule has 4 heteroatoms. The van der Waals surface area contributed by atoms with Gasteiger partial charge >= 0.3 is 0 Å². The Morgan fingerprint density at radius 2 is 2.37 bits per heavy atom. The molecule has 4 aliphatic rings. The van der Waals surface area contributed by atoms with Crippen LogP contribution in [0, 0.1) is 35.0 Å². The van der Waals surface area contributed by atoms with E-state index in [-0.39, 0.29) is 11.8 Å². The number of amides is 1. The van der Waals surface area contributed by atoms with Crippen molar-refractivity contribution in [3.05, 3.63) is 11.3 Å². The molecule has 0 aromatic rings. The van der Waals surface area contributed by atoms with Crippen LogP contribution in [0.15, 0.2) is 11.3 Å². The molecule has 2 heterocycles. The number of hydrogen-bond donors (Lipinski definition) is 2. The van der Waals surface area contributed by atoms with E-state index in [1.54, 1.807) is 0 Å². The molecule has 2 aliphatic heterocycles. The molecule has 102 valence electrons. The average Bonchev–Trinajstić information content (AvgIpc) is 2.80. The molecular weight excluding hydrogens is 238 g/mol. The molecule has 1 saturated heterocycles. The van der Waals surface area contributed by atoms with Gasteiger partial charge in [0.05, 0.1) is 23.1 Å². The number of nitrogens with one attached hydrogen (secondary N) is 1. The monoisotopic (exact) mass is 259 g/mol. The van der Waals surface area contributed by atoms with E-state index in [4.69, 9.17) is 5.73 Å². The van der Waals surface area contributed by atoms with Crippen molar-refractivity contribution in [2.75, 3.05) is 0 Å². The van der Waals surface area contributed by atoms with E-state index in [1.807, 2.05) is 0 Å². The van der Waals surface area contributed by atoms with Crippen LogP contribution in [0.5, 0.6) is 0 Å². The van der Waals surface area contributed by atoms with Crippen molar-refractivity contribution in [3.63, 3.8) is 0 Å². The van der Waals surface area contributed by atoms with Crippen LogP contribution in [0.4, 0.5) is 0 Å². The Morgan fingerprint density at radius 1 is 1.63 bits per heavy atom. The minimum absolute atomic E-state index is 0.0416. The molecule has 3 N–H and O–H groups in total. The van der Waals surface area contributed by atoms with Crippen molar-refractivity contribution in [1.29, 1.82) is 5.26 Å². The number of carbonyl (C=O) groups is 1. The Balaban J connectivity index is 2.18. The molecule has 1 amide bonds. The van der Waals surface area contributed by atoms with Gasteiger partial charge in [-0.2, -0.15) is 5.26 Å². The summed E-state index contributed by atoms with van der Waals surface area (Å²) < 4.78 is 0. The third-order valence-corrected chi connectivity index (χ3v) is 5.68. The fourth-order valence-electron chi connectivity index (χ4n) is 4.71. The van der Waals surface area contributed by atoms with Gasteiger partial charge in [-0.05, 0) is 30.6 Å². The van der Waals surface area contributed by atoms with Crippen molar-refractivity contribution in [2.45, 2.75) is 45.1 Å². The lowest BCUT2D eigenvalue weighted by molar-refractivity contribution is -0.136. The SMILES string of the molecule is CCC(C)[C@@H]1[C@H]2C(=O)N[C@]3(CCC[C@H]13)C(C#N)=C2N. The van der Waals surface area contributed by atoms with Crippen LogP contribution in [-0.4, -0.2) is 11.4 Å². The molecule has 1 spiro atoms. The molecule has 5 atom stereocenters. The van der Waals surface area contributed by atoms with Gasteiger partial charge in [0.15, 0.2) is 0 Å². The normalized spacial score (nSPS) is 41.7. The predicted molar refractivity (Wildman–Crippen MR) is 71.5 cm³/mol. The van der Waals surface area contributed by atoms with Gasteiger partial charge in [-0.1, -0.05) is 26.7 Å². The molecule has 2 fully saturated rings. The lowest BCUT2D eigenvalue weighted by Gasteiger charge is -2.54. The average molecular weight is 259 g/mol. The Kier molecular flexibility index (Phi) is 2.63. The molecule has 2 bridgehead atoms. The third-order valence-electron chi connectivity index (χ3n) is 5.68. The van der Waals surface area contributed by atoms with E-state index in [2.05, 4.69) is 25.2 Å². The van der Waals surface area contributed by atoms with E-state index in [1.165, 1.54) is 0 Å². The topological polar surface area (TPSA) is 78.9 Å². The lowest BCUT2D eigenvalue weighted by Crippen LogP contribution is -2.68. The van der Waals surface area contributed by atoms with Gasteiger partial charge in [0, 0.05) is 5.70 Å². The third kappa shape index (κ3) is 1.36. The highest BCUT2D eigenvalue weighted by molar-refractivity contribution is 5.87. The summed E-state index contributed by atoms with van der Waals surface area (Å²) in [6, 6.07) is 2.29. The summed E-state index contributed by atoms with van der Waals surface area (Å²) in [6.45, 7) is 4.38. The van der Waals surface area contributed by atoms with Crippen molar-refractivity contribution in [1.82, 2.24) is 5.32 Å². The van der Waals surface area contributed by atoms with Crippen LogP contribution >= 0.6 is 0 Å². The number of hydrogen-bond acceptors (Lipinski definition) is 3. The predicted octanol–water partition coefficient (Wildman–Crippen LogP) is 1.68. The molecular formula is C15H21N3O. The summed E-state index contributed by atoms with van der Waals surface area (Å²) in [5.74, 6) is 0.928. The van der Waals surface area contributed by atoms with Crippen LogP contribution in [0.2, 0.25) is 0 Å². The Labute approximate surface area is 114 Å². The van der Waals surface area contributed by atoms with Crippen LogP contribution in [-0.2, 0) is 4.79 Å². The molecule has 1 saturated carbocycles. The smallest absolute Gasteiger partial charge is 0.230 e. The maximum absolute atomic E-state index is 12.4. The lowest BCUT2D eigenvalue weighted by atomic mass is 9.56. The highest BCUT2D eigenvalue weighted by atomic mass is 16.2. The Hall–Kier alpha value is -1.50. The van der Waals surface area contributed by atoms with Crippen LogP contribution in [0.3, 0.4) is 0 Å². The number of rotatable bonds is 2. The van der Waals surface area contributed by atoms with Crippen LogP contribution in [0.1, 0.15) is 39.5 Å². The molecule has 4 rings (SSSR count). The van der Waals surface area contributed by atoms with Crippen molar-refractivity contribution in [2.24, 2.45) is 29.4 Å². The van der Waals surface area contributed by atoms with Crippen molar-refractivity contribution < 1.29 is 4.79 Å². The largest absolute Gasteiger partial charge is 0.401 e. The van der Waals surface area contributed by atoms with E-state index in [0.29, 0.717) is 29.0 Å². The first kappa shape index (κ1) is 12.5. The first-order valence-corrected chi connectivity index (χ1v) is 7.29. The number of nitrogens with two attached hydrogens (primary N) is 1. The fourth-order valence-corrected chi connectivity index (χ4v) is 4.71. The molecule has 0 aromatic heterocycles. The molecule has 19 heavy (non-hydrogen) atoms. The number of nitriles is 1. The van der Waals surface area contributed by atoms with Crippen molar-refractivity contribution >= 4 is 5.91 Å². The summed E-state index contributed by atoms with van der Waals surface area (Å²) >= 11 is 0. The second-order valence-corrected chi connectivity index (χ2v) is 6.34. The van der Waals surface area contributed by atoms with E-state index in [0.717, 1.165) is 25.7 Å². The Bertz CT molecular complexity index is 504. The maximum atomic E-state index is 12.4. The van der Waals surface area contributed by atoms with E-state index < -0.39 is 5.54 Å². The highest BCUT2D eigenvalue weighted by Crippen LogP contribution is 2.57. The highest BCUT2D eigenvalue weighted by Gasteiger charge is 2.63. The van der Waals surface area contributed by atoms with Gasteiger partial charge in [-0.3, -0.25) is 4.79 Å². The summed E-state index contributed by atoms with van der Waals surface area (Å²) in [7, 11) is 0. The molecule has 0 aromatic carbocycles. The van der Waals surface area contributed by atoms with Gasteiger partial charge in [0.1, 0.15) is 0 Å². The van der Waals surface area contributed by atoms with Gasteiger partial charge in [0.2, 0.25) is 5.91 Å². The second kappa shape index (κ2) is 4.00. The zero-order valence-corrected chi connectivity index (χ0v) is 11.6. The number of fused-ring (bicyclic) bond motifs is 1. The standard InChI is InChI=1S/C15H21N3O/c1-3-8(2)11-9-5-4-6-15(9)10(7-16)13(17)12(11)14(19)18-15/h8-9,11-12H,3-6,17H2,1-2H3,(H,18,19)/t8?,9-,11+,12-,15+/m1/s1. The van der Waals surface area contributed by atoms with Gasteiger partial charge in [0.25, 0.3) is 0 Å². The quantitative estimate of drug-likeness (QED) is 0.792. The van der Waals surface area contributed by atoms with Crippen molar-refractivity contribution in [3.8, 4) is 6.07 Å². The molecule has 0 radical (unpaired) electrons. The molecule has 1 unspecified atom stereocenters. The Morgan fingerprint density at radius 3 is 3.00 bits per heavy atom. The number of piperidine rings is 1. The van der Waals surface area contributed by atoms with E-state index >= 15 is 0 Å². The summed E-state index contributed by atoms with van der Waals surface area (Å²) in [6.07, 6.45) is 4.09. The van der Waals surface area contributed by atoms with Gasteiger partial charge in [-0.15, -0.1) is 0 Å². The zero-order valence-electron chi connectivity index (χ0n) is 11.6.